The first kappa shape index (κ1) is 24.0. The molecule has 0 radical (unpaired) electrons. The van der Waals surface area contributed by atoms with Crippen molar-refractivity contribution in [3.63, 3.8) is 0 Å². The number of aliphatic hydroxyl groups is 2. The summed E-state index contributed by atoms with van der Waals surface area (Å²) in [6.45, 7) is 12.7. The van der Waals surface area contributed by atoms with E-state index in [1.807, 2.05) is 34.6 Å². The van der Waals surface area contributed by atoms with Crippen LogP contribution in [0, 0.1) is 29.1 Å². The molecule has 0 aromatic rings. The number of hydrogen-bond donors (Lipinski definition) is 2. The van der Waals surface area contributed by atoms with E-state index < -0.39 is 0 Å². The van der Waals surface area contributed by atoms with Gasteiger partial charge in [-0.3, -0.25) is 0 Å². The Morgan fingerprint density at radius 1 is 1.11 bits per heavy atom. The van der Waals surface area contributed by atoms with Gasteiger partial charge in [-0.1, -0.05) is 52.5 Å². The molecule has 0 aliphatic heterocycles. The molecule has 2 nitrogen and oxygen atoms in total. The highest BCUT2D eigenvalue weighted by Gasteiger charge is 2.48. The van der Waals surface area contributed by atoms with Crippen LogP contribution in [0.3, 0.4) is 0 Å². The van der Waals surface area contributed by atoms with Crippen molar-refractivity contribution in [1.82, 2.24) is 0 Å². The summed E-state index contributed by atoms with van der Waals surface area (Å²) < 4.78 is 0. The van der Waals surface area contributed by atoms with Crippen LogP contribution in [0.5, 0.6) is 0 Å². The second-order valence-corrected chi connectivity index (χ2v) is 7.86. The molecular formula is C25H42O2. The standard InChI is InChI=1S/C21H30O2.2C2H6/c1-15-16(5-3-7-20(15)23)8-9-17-6-4-13-21(2)18(12-14-22)10-11-19(17)21;2*1-2/h6,18-20,22-23H,3-5,7,10-14H2,1-2H3;2*1-2H3. The maximum absolute atomic E-state index is 10.0. The molecule has 0 amide bonds. The molecule has 0 spiro atoms. The van der Waals surface area contributed by atoms with E-state index in [9.17, 15) is 10.2 Å². The molecule has 0 bridgehead atoms. The first-order valence-electron chi connectivity index (χ1n) is 11.3. The average Bonchev–Trinajstić information content (AvgIpc) is 3.03. The highest BCUT2D eigenvalue weighted by Crippen LogP contribution is 2.56. The van der Waals surface area contributed by atoms with E-state index in [-0.39, 0.29) is 6.10 Å². The third-order valence-electron chi connectivity index (χ3n) is 6.67. The molecule has 3 aliphatic carbocycles. The van der Waals surface area contributed by atoms with Crippen LogP contribution in [0.15, 0.2) is 22.8 Å². The molecule has 154 valence electrons. The molecule has 0 heterocycles. The van der Waals surface area contributed by atoms with Gasteiger partial charge in [0.25, 0.3) is 0 Å². The summed E-state index contributed by atoms with van der Waals surface area (Å²) in [7, 11) is 0. The average molecular weight is 375 g/mol. The zero-order chi connectivity index (χ0) is 20.4. The molecule has 1 fully saturated rings. The van der Waals surface area contributed by atoms with Gasteiger partial charge in [0.15, 0.2) is 0 Å². The van der Waals surface area contributed by atoms with Gasteiger partial charge in [-0.2, -0.15) is 0 Å². The zero-order valence-corrected chi connectivity index (χ0v) is 18.6. The fourth-order valence-electron chi connectivity index (χ4n) is 5.05. The smallest absolute Gasteiger partial charge is 0.0759 e. The van der Waals surface area contributed by atoms with E-state index >= 15 is 0 Å². The Labute approximate surface area is 168 Å². The summed E-state index contributed by atoms with van der Waals surface area (Å²) in [6, 6.07) is 0. The van der Waals surface area contributed by atoms with Gasteiger partial charge in [-0.15, -0.1) is 0 Å². The van der Waals surface area contributed by atoms with Crippen LogP contribution in [0.25, 0.3) is 0 Å². The van der Waals surface area contributed by atoms with E-state index in [4.69, 9.17) is 0 Å². The highest BCUT2D eigenvalue weighted by atomic mass is 16.3. The van der Waals surface area contributed by atoms with Crippen molar-refractivity contribution < 1.29 is 10.2 Å². The summed E-state index contributed by atoms with van der Waals surface area (Å²) in [5.41, 5.74) is 3.87. The van der Waals surface area contributed by atoms with Crippen LogP contribution in [0.2, 0.25) is 0 Å². The first-order valence-corrected chi connectivity index (χ1v) is 11.3. The van der Waals surface area contributed by atoms with Crippen LogP contribution in [-0.4, -0.2) is 22.9 Å². The van der Waals surface area contributed by atoms with Crippen molar-refractivity contribution in [1.29, 1.82) is 0 Å². The molecule has 4 atom stereocenters. The number of hydrogen-bond acceptors (Lipinski definition) is 2. The van der Waals surface area contributed by atoms with Crippen LogP contribution >= 0.6 is 0 Å². The number of aliphatic hydroxyl groups excluding tert-OH is 2. The van der Waals surface area contributed by atoms with Crippen LogP contribution in [0.1, 0.15) is 92.9 Å². The summed E-state index contributed by atoms with van der Waals surface area (Å²) >= 11 is 0. The Morgan fingerprint density at radius 3 is 2.48 bits per heavy atom. The monoisotopic (exact) mass is 374 g/mol. The van der Waals surface area contributed by atoms with Gasteiger partial charge < -0.3 is 10.2 Å². The van der Waals surface area contributed by atoms with Gasteiger partial charge in [0, 0.05) is 17.8 Å². The third kappa shape index (κ3) is 5.49. The van der Waals surface area contributed by atoms with E-state index in [0.717, 1.165) is 43.3 Å². The highest BCUT2D eigenvalue weighted by molar-refractivity contribution is 5.44. The summed E-state index contributed by atoms with van der Waals surface area (Å²) in [5.74, 6) is 8.09. The van der Waals surface area contributed by atoms with E-state index in [1.54, 1.807) is 0 Å². The maximum atomic E-state index is 10.0. The van der Waals surface area contributed by atoms with Crippen molar-refractivity contribution in [3.05, 3.63) is 22.8 Å². The molecule has 0 saturated heterocycles. The van der Waals surface area contributed by atoms with E-state index in [1.165, 1.54) is 24.8 Å². The minimum Gasteiger partial charge on any atom is -0.396 e. The number of fused-ring (bicyclic) bond motifs is 1. The Morgan fingerprint density at radius 2 is 1.81 bits per heavy atom. The Hall–Kier alpha value is -1.04. The fourth-order valence-corrected chi connectivity index (χ4v) is 5.05. The molecule has 3 aliphatic rings. The molecule has 0 aromatic heterocycles. The second kappa shape index (κ2) is 11.7. The fraction of sp³-hybridized carbons (Fsp3) is 0.760. The van der Waals surface area contributed by atoms with Crippen LogP contribution in [-0.2, 0) is 0 Å². The van der Waals surface area contributed by atoms with E-state index in [2.05, 4.69) is 24.8 Å². The van der Waals surface area contributed by atoms with Crippen LogP contribution in [0.4, 0.5) is 0 Å². The second-order valence-electron chi connectivity index (χ2n) is 7.86. The third-order valence-corrected chi connectivity index (χ3v) is 6.67. The minimum absolute atomic E-state index is 0.293. The van der Waals surface area contributed by atoms with Crippen molar-refractivity contribution >= 4 is 0 Å². The lowest BCUT2D eigenvalue weighted by Crippen LogP contribution is -2.32. The first-order chi connectivity index (χ1) is 13.1. The van der Waals surface area contributed by atoms with Crippen molar-refractivity contribution in [2.75, 3.05) is 6.61 Å². The summed E-state index contributed by atoms with van der Waals surface area (Å²) in [6.07, 6.45) is 10.7. The Balaban J connectivity index is 0.000000855. The molecule has 4 unspecified atom stereocenters. The molecule has 0 aromatic carbocycles. The molecule has 2 N–H and O–H groups in total. The van der Waals surface area contributed by atoms with Gasteiger partial charge in [0.2, 0.25) is 0 Å². The predicted octanol–water partition coefficient (Wildman–Crippen LogP) is 6.04. The number of rotatable bonds is 2. The van der Waals surface area contributed by atoms with Gasteiger partial charge >= 0.3 is 0 Å². The quantitative estimate of drug-likeness (QED) is 0.579. The SMILES string of the molecule is CC.CC.CC1=C(C#CC2=CCCC3(C)C(CCO)CCC23)CCCC1O. The molecule has 2 heteroatoms. The van der Waals surface area contributed by atoms with Gasteiger partial charge in [-0.05, 0) is 81.1 Å². The van der Waals surface area contributed by atoms with Gasteiger partial charge in [0.05, 0.1) is 6.10 Å². The Kier molecular flexibility index (Phi) is 10.4. The molecule has 1 saturated carbocycles. The largest absolute Gasteiger partial charge is 0.396 e. The summed E-state index contributed by atoms with van der Waals surface area (Å²) in [4.78, 5) is 0. The maximum Gasteiger partial charge on any atom is 0.0759 e. The Bertz CT molecular complexity index is 575. The van der Waals surface area contributed by atoms with Crippen LogP contribution < -0.4 is 0 Å². The lowest BCUT2D eigenvalue weighted by Gasteiger charge is -2.40. The van der Waals surface area contributed by atoms with Crippen molar-refractivity contribution in [3.8, 4) is 11.8 Å². The molecule has 27 heavy (non-hydrogen) atoms. The zero-order valence-electron chi connectivity index (χ0n) is 18.6. The summed E-state index contributed by atoms with van der Waals surface area (Å²) in [5, 5.41) is 19.4. The minimum atomic E-state index is -0.293. The van der Waals surface area contributed by atoms with E-state index in [0.29, 0.717) is 23.9 Å². The molecule has 3 rings (SSSR count). The van der Waals surface area contributed by atoms with Crippen molar-refractivity contribution in [2.24, 2.45) is 17.3 Å². The van der Waals surface area contributed by atoms with Crippen molar-refractivity contribution in [2.45, 2.75) is 99.0 Å². The number of allylic oxidation sites excluding steroid dienone is 3. The lowest BCUT2D eigenvalue weighted by molar-refractivity contribution is 0.127. The molecular weight excluding hydrogens is 332 g/mol. The predicted molar refractivity (Wildman–Crippen MR) is 116 cm³/mol. The topological polar surface area (TPSA) is 40.5 Å². The lowest BCUT2D eigenvalue weighted by atomic mass is 9.64. The van der Waals surface area contributed by atoms with Gasteiger partial charge in [0.1, 0.15) is 0 Å². The normalized spacial score (nSPS) is 32.0. The van der Waals surface area contributed by atoms with Gasteiger partial charge in [-0.25, -0.2) is 0 Å².